The van der Waals surface area contributed by atoms with Gasteiger partial charge < -0.3 is 4.74 Å². The smallest absolute Gasteiger partial charge is 0.341 e. The molecule has 1 aliphatic rings. The normalized spacial score (nSPS) is 15.6. The predicted molar refractivity (Wildman–Crippen MR) is 124 cm³/mol. The molecule has 3 aromatic rings. The van der Waals surface area contributed by atoms with Crippen molar-refractivity contribution in [3.8, 4) is 0 Å². The summed E-state index contributed by atoms with van der Waals surface area (Å²) in [7, 11) is -4.77. The lowest BCUT2D eigenvalue weighted by Crippen LogP contribution is -2.41. The van der Waals surface area contributed by atoms with E-state index in [4.69, 9.17) is 4.74 Å². The minimum Gasteiger partial charge on any atom is -0.452 e. The predicted octanol–water partition coefficient (Wildman–Crippen LogP) is 4.72. The van der Waals surface area contributed by atoms with Gasteiger partial charge in [0.1, 0.15) is 0 Å². The standard InChI is InChI=1S/C24H19F2NO5S2/c25-24(26)34(30,31)18-12-10-17(11-13-18)23(29)32-14-22(28)27-19-8-4-5-9-21(19)33-15-20(27)16-6-2-1-3-7-16/h1-13,20,24H,14-15H2/t20-/m1/s1. The molecule has 3 aromatic carbocycles. The van der Waals surface area contributed by atoms with Crippen LogP contribution in [0.3, 0.4) is 0 Å². The Morgan fingerprint density at radius 1 is 0.971 bits per heavy atom. The van der Waals surface area contributed by atoms with E-state index in [-0.39, 0.29) is 11.6 Å². The van der Waals surface area contributed by atoms with Crippen molar-refractivity contribution in [3.05, 3.63) is 90.0 Å². The summed E-state index contributed by atoms with van der Waals surface area (Å²) in [6.07, 6.45) is 0. The molecule has 0 aliphatic carbocycles. The molecule has 6 nitrogen and oxygen atoms in total. The van der Waals surface area contributed by atoms with Gasteiger partial charge in [-0.3, -0.25) is 9.69 Å². The third-order valence-electron chi connectivity index (χ3n) is 5.27. The highest BCUT2D eigenvalue weighted by Crippen LogP contribution is 2.43. The molecule has 1 atom stereocenters. The number of esters is 1. The first-order valence-corrected chi connectivity index (χ1v) is 12.7. The van der Waals surface area contributed by atoms with Crippen molar-refractivity contribution >= 4 is 39.2 Å². The van der Waals surface area contributed by atoms with E-state index < -0.39 is 39.0 Å². The largest absolute Gasteiger partial charge is 0.452 e. The number of fused-ring (bicyclic) bond motifs is 1. The van der Waals surface area contributed by atoms with Gasteiger partial charge in [0.25, 0.3) is 5.91 Å². The number of nitrogens with zero attached hydrogens (tertiary/aromatic N) is 1. The van der Waals surface area contributed by atoms with E-state index in [1.54, 1.807) is 16.7 Å². The molecule has 0 spiro atoms. The number of hydrogen-bond acceptors (Lipinski definition) is 6. The second-order valence-corrected chi connectivity index (χ2v) is 10.4. The summed E-state index contributed by atoms with van der Waals surface area (Å²) in [5.41, 5.74) is 1.60. The number of amides is 1. The van der Waals surface area contributed by atoms with Gasteiger partial charge in [0.05, 0.1) is 22.2 Å². The van der Waals surface area contributed by atoms with E-state index in [1.807, 2.05) is 54.6 Å². The number of para-hydroxylation sites is 1. The van der Waals surface area contributed by atoms with Crippen molar-refractivity contribution < 1.29 is 31.5 Å². The average Bonchev–Trinajstić information content (AvgIpc) is 2.86. The molecule has 0 unspecified atom stereocenters. The molecule has 0 aromatic heterocycles. The fourth-order valence-corrected chi connectivity index (χ4v) is 5.47. The minimum absolute atomic E-state index is 0.0600. The molecule has 34 heavy (non-hydrogen) atoms. The average molecular weight is 504 g/mol. The lowest BCUT2D eigenvalue weighted by atomic mass is 10.1. The summed E-state index contributed by atoms with van der Waals surface area (Å²) >= 11 is 1.64. The Hall–Kier alpha value is -3.24. The number of carbonyl (C=O) groups is 2. The fourth-order valence-electron chi connectivity index (χ4n) is 3.58. The number of alkyl halides is 2. The monoisotopic (exact) mass is 503 g/mol. The van der Waals surface area contributed by atoms with Crippen molar-refractivity contribution in [1.82, 2.24) is 0 Å². The maximum atomic E-state index is 13.2. The van der Waals surface area contributed by atoms with E-state index in [0.29, 0.717) is 5.75 Å². The van der Waals surface area contributed by atoms with Crippen LogP contribution in [0.25, 0.3) is 0 Å². The van der Waals surface area contributed by atoms with E-state index in [0.717, 1.165) is 40.4 Å². The first-order chi connectivity index (χ1) is 16.3. The van der Waals surface area contributed by atoms with Gasteiger partial charge in [-0.25, -0.2) is 13.2 Å². The second kappa shape index (κ2) is 9.94. The fraction of sp³-hybridized carbons (Fsp3) is 0.167. The Kier molecular flexibility index (Phi) is 6.99. The van der Waals surface area contributed by atoms with Crippen LogP contribution in [0, 0.1) is 0 Å². The summed E-state index contributed by atoms with van der Waals surface area (Å²) in [5, 5.41) is 0. The van der Waals surface area contributed by atoms with Gasteiger partial charge in [-0.2, -0.15) is 8.78 Å². The molecule has 0 saturated carbocycles. The third kappa shape index (κ3) is 4.83. The zero-order chi connectivity index (χ0) is 24.3. The number of thioether (sulfide) groups is 1. The maximum Gasteiger partial charge on any atom is 0.341 e. The number of halogens is 2. The summed E-state index contributed by atoms with van der Waals surface area (Å²) < 4.78 is 53.6. The lowest BCUT2D eigenvalue weighted by Gasteiger charge is -2.37. The number of sulfone groups is 1. The first kappa shape index (κ1) is 23.9. The quantitative estimate of drug-likeness (QED) is 0.453. The Labute approximate surface area is 199 Å². The Morgan fingerprint density at radius 3 is 2.29 bits per heavy atom. The van der Waals surface area contributed by atoms with Crippen LogP contribution in [0.1, 0.15) is 22.0 Å². The molecule has 0 saturated heterocycles. The van der Waals surface area contributed by atoms with Crippen molar-refractivity contribution in [2.24, 2.45) is 0 Å². The van der Waals surface area contributed by atoms with Crippen LogP contribution in [-0.2, 0) is 19.4 Å². The topological polar surface area (TPSA) is 80.8 Å². The number of rotatable bonds is 6. The van der Waals surface area contributed by atoms with Gasteiger partial charge in [-0.05, 0) is 42.0 Å². The number of carbonyl (C=O) groups excluding carboxylic acids is 2. The Morgan fingerprint density at radius 2 is 1.62 bits per heavy atom. The summed E-state index contributed by atoms with van der Waals surface area (Å²) in [5.74, 6) is -4.23. The van der Waals surface area contributed by atoms with Crippen LogP contribution in [0.2, 0.25) is 0 Å². The molecule has 0 radical (unpaired) electrons. The second-order valence-electron chi connectivity index (χ2n) is 7.38. The number of hydrogen-bond donors (Lipinski definition) is 0. The zero-order valence-corrected chi connectivity index (χ0v) is 19.3. The van der Waals surface area contributed by atoms with Crippen LogP contribution in [-0.4, -0.2) is 38.4 Å². The van der Waals surface area contributed by atoms with Crippen LogP contribution in [0.5, 0.6) is 0 Å². The van der Waals surface area contributed by atoms with Crippen molar-refractivity contribution in [3.63, 3.8) is 0 Å². The lowest BCUT2D eigenvalue weighted by molar-refractivity contribution is -0.122. The van der Waals surface area contributed by atoms with Gasteiger partial charge in [-0.1, -0.05) is 42.5 Å². The highest BCUT2D eigenvalue weighted by Gasteiger charge is 2.33. The number of ether oxygens (including phenoxy) is 1. The van der Waals surface area contributed by atoms with E-state index in [2.05, 4.69) is 0 Å². The van der Waals surface area contributed by atoms with Crippen LogP contribution in [0.15, 0.2) is 88.7 Å². The van der Waals surface area contributed by atoms with Crippen molar-refractivity contribution in [1.29, 1.82) is 0 Å². The highest BCUT2D eigenvalue weighted by atomic mass is 32.2. The van der Waals surface area contributed by atoms with Gasteiger partial charge in [0.2, 0.25) is 9.84 Å². The van der Waals surface area contributed by atoms with Crippen molar-refractivity contribution in [2.45, 2.75) is 21.6 Å². The van der Waals surface area contributed by atoms with Gasteiger partial charge in [-0.15, -0.1) is 11.8 Å². The molecule has 176 valence electrons. The molecule has 1 aliphatic heterocycles. The molecule has 1 amide bonds. The molecule has 4 rings (SSSR count). The summed E-state index contributed by atoms with van der Waals surface area (Å²) in [6.45, 7) is -0.543. The third-order valence-corrected chi connectivity index (χ3v) is 7.80. The Balaban J connectivity index is 1.51. The van der Waals surface area contributed by atoms with Gasteiger partial charge in [0, 0.05) is 10.6 Å². The maximum absolute atomic E-state index is 13.2. The summed E-state index contributed by atoms with van der Waals surface area (Å²) in [4.78, 5) is 27.6. The van der Waals surface area contributed by atoms with E-state index >= 15 is 0 Å². The van der Waals surface area contributed by atoms with Crippen LogP contribution >= 0.6 is 11.8 Å². The van der Waals surface area contributed by atoms with Crippen LogP contribution in [0.4, 0.5) is 14.5 Å². The summed E-state index contributed by atoms with van der Waals surface area (Å²) in [6, 6.07) is 20.7. The molecule has 0 N–H and O–H groups in total. The molecular weight excluding hydrogens is 484 g/mol. The number of anilines is 1. The first-order valence-electron chi connectivity index (χ1n) is 10.2. The zero-order valence-electron chi connectivity index (χ0n) is 17.6. The minimum atomic E-state index is -4.77. The molecule has 0 bridgehead atoms. The Bertz CT molecular complexity index is 1300. The molecule has 10 heteroatoms. The highest BCUT2D eigenvalue weighted by molar-refractivity contribution is 7.99. The van der Waals surface area contributed by atoms with Crippen LogP contribution < -0.4 is 4.90 Å². The molecule has 0 fully saturated rings. The van der Waals surface area contributed by atoms with Gasteiger partial charge >= 0.3 is 11.7 Å². The van der Waals surface area contributed by atoms with Gasteiger partial charge in [0.15, 0.2) is 6.61 Å². The van der Waals surface area contributed by atoms with E-state index in [1.165, 1.54) is 0 Å². The molecule has 1 heterocycles. The number of benzene rings is 3. The molecular formula is C24H19F2NO5S2. The van der Waals surface area contributed by atoms with Crippen molar-refractivity contribution in [2.75, 3.05) is 17.3 Å². The van der Waals surface area contributed by atoms with E-state index in [9.17, 15) is 26.8 Å². The SMILES string of the molecule is O=C(OCC(=O)N1c2ccccc2SC[C@@H]1c1ccccc1)c1ccc(S(=O)(=O)C(F)F)cc1.